The SMILES string of the molecule is CCCC(=O)N1CCN(c2ccc(NC(=O)C(C)(C)Oc3ccc(Br)cc3)cc2Cl)CC1. The largest absolute Gasteiger partial charge is 0.478 e. The fourth-order valence-corrected chi connectivity index (χ4v) is 4.10. The highest BCUT2D eigenvalue weighted by Crippen LogP contribution is 2.30. The Morgan fingerprint density at radius 2 is 1.75 bits per heavy atom. The van der Waals surface area contributed by atoms with Crippen LogP contribution in [-0.4, -0.2) is 48.5 Å². The molecule has 6 nitrogen and oxygen atoms in total. The summed E-state index contributed by atoms with van der Waals surface area (Å²) in [5.41, 5.74) is 0.436. The second-order valence-corrected chi connectivity index (χ2v) is 9.63. The van der Waals surface area contributed by atoms with Gasteiger partial charge in [-0.25, -0.2) is 0 Å². The summed E-state index contributed by atoms with van der Waals surface area (Å²) in [6.45, 7) is 8.30. The molecule has 0 aromatic heterocycles. The predicted octanol–water partition coefficient (Wildman–Crippen LogP) is 5.35. The lowest BCUT2D eigenvalue weighted by Gasteiger charge is -2.36. The zero-order chi connectivity index (χ0) is 23.3. The van der Waals surface area contributed by atoms with Crippen LogP contribution in [0.4, 0.5) is 11.4 Å². The number of benzene rings is 2. The molecule has 0 saturated carbocycles. The van der Waals surface area contributed by atoms with Gasteiger partial charge in [-0.2, -0.15) is 0 Å². The second-order valence-electron chi connectivity index (χ2n) is 8.30. The lowest BCUT2D eigenvalue weighted by atomic mass is 10.1. The number of halogens is 2. The number of hydrogen-bond donors (Lipinski definition) is 1. The van der Waals surface area contributed by atoms with Gasteiger partial charge in [-0.15, -0.1) is 0 Å². The van der Waals surface area contributed by atoms with Crippen LogP contribution >= 0.6 is 27.5 Å². The average Bonchev–Trinajstić information content (AvgIpc) is 2.75. The van der Waals surface area contributed by atoms with Crippen molar-refractivity contribution < 1.29 is 14.3 Å². The molecule has 0 aliphatic carbocycles. The van der Waals surface area contributed by atoms with Gasteiger partial charge in [-0.05, 0) is 62.7 Å². The maximum absolute atomic E-state index is 12.8. The summed E-state index contributed by atoms with van der Waals surface area (Å²) in [7, 11) is 0. The smallest absolute Gasteiger partial charge is 0.267 e. The van der Waals surface area contributed by atoms with Gasteiger partial charge in [0.1, 0.15) is 5.75 Å². The fourth-order valence-electron chi connectivity index (χ4n) is 3.54. The van der Waals surface area contributed by atoms with Gasteiger partial charge in [0.15, 0.2) is 5.60 Å². The molecule has 32 heavy (non-hydrogen) atoms. The number of rotatable bonds is 7. The first-order chi connectivity index (χ1) is 15.2. The lowest BCUT2D eigenvalue weighted by Crippen LogP contribution is -2.48. The molecule has 8 heteroatoms. The molecule has 1 aliphatic heterocycles. The molecule has 0 atom stereocenters. The van der Waals surface area contributed by atoms with Crippen molar-refractivity contribution in [3.05, 3.63) is 52.0 Å². The Balaban J connectivity index is 1.60. The topological polar surface area (TPSA) is 61.9 Å². The molecule has 1 aliphatic rings. The molecular formula is C24H29BrClN3O3. The number of nitrogens with one attached hydrogen (secondary N) is 1. The zero-order valence-corrected chi connectivity index (χ0v) is 21.0. The maximum atomic E-state index is 12.8. The summed E-state index contributed by atoms with van der Waals surface area (Å²) in [6, 6.07) is 12.8. The number of amides is 2. The number of anilines is 2. The van der Waals surface area contributed by atoms with Gasteiger partial charge < -0.3 is 19.9 Å². The molecule has 3 rings (SSSR count). The highest BCUT2D eigenvalue weighted by Gasteiger charge is 2.30. The van der Waals surface area contributed by atoms with Crippen molar-refractivity contribution in [2.45, 2.75) is 39.2 Å². The quantitative estimate of drug-likeness (QED) is 0.533. The van der Waals surface area contributed by atoms with Crippen molar-refractivity contribution in [2.75, 3.05) is 36.4 Å². The van der Waals surface area contributed by atoms with E-state index >= 15 is 0 Å². The van der Waals surface area contributed by atoms with E-state index in [1.54, 1.807) is 32.0 Å². The minimum absolute atomic E-state index is 0.212. The molecule has 0 bridgehead atoms. The molecule has 1 heterocycles. The first-order valence-electron chi connectivity index (χ1n) is 10.8. The molecule has 2 aromatic carbocycles. The molecule has 2 amide bonds. The summed E-state index contributed by atoms with van der Waals surface area (Å²) in [4.78, 5) is 29.0. The number of carbonyl (C=O) groups excluding carboxylic acids is 2. The highest BCUT2D eigenvalue weighted by molar-refractivity contribution is 9.10. The number of carbonyl (C=O) groups is 2. The van der Waals surface area contributed by atoms with Crippen molar-refractivity contribution in [3.63, 3.8) is 0 Å². The molecule has 0 unspecified atom stereocenters. The van der Waals surface area contributed by atoms with E-state index in [0.29, 0.717) is 36.0 Å². The third-order valence-electron chi connectivity index (χ3n) is 5.38. The number of nitrogens with zero attached hydrogens (tertiary/aromatic N) is 2. The summed E-state index contributed by atoms with van der Waals surface area (Å²) in [5.74, 6) is 0.551. The van der Waals surface area contributed by atoms with Crippen LogP contribution in [0, 0.1) is 0 Å². The predicted molar refractivity (Wildman–Crippen MR) is 133 cm³/mol. The molecule has 1 fully saturated rings. The molecule has 1 N–H and O–H groups in total. The van der Waals surface area contributed by atoms with Crippen molar-refractivity contribution in [1.82, 2.24) is 4.90 Å². The van der Waals surface area contributed by atoms with Gasteiger partial charge in [-0.3, -0.25) is 9.59 Å². The summed E-state index contributed by atoms with van der Waals surface area (Å²) >= 11 is 9.93. The third-order valence-corrected chi connectivity index (χ3v) is 6.21. The van der Waals surface area contributed by atoms with Gasteiger partial charge in [-0.1, -0.05) is 34.5 Å². The van der Waals surface area contributed by atoms with Crippen LogP contribution in [0.5, 0.6) is 5.75 Å². The maximum Gasteiger partial charge on any atom is 0.267 e. The molecule has 2 aromatic rings. The molecule has 172 valence electrons. The Kier molecular flexibility index (Phi) is 8.06. The van der Waals surface area contributed by atoms with E-state index < -0.39 is 5.60 Å². The Morgan fingerprint density at radius 3 is 2.34 bits per heavy atom. The van der Waals surface area contributed by atoms with Gasteiger partial charge in [0.2, 0.25) is 5.91 Å². The third kappa shape index (κ3) is 6.17. The lowest BCUT2D eigenvalue weighted by molar-refractivity contribution is -0.131. The summed E-state index contributed by atoms with van der Waals surface area (Å²) < 4.78 is 6.82. The molecular weight excluding hydrogens is 494 g/mol. The Hall–Kier alpha value is -2.25. The van der Waals surface area contributed by atoms with Crippen LogP contribution < -0.4 is 15.0 Å². The van der Waals surface area contributed by atoms with Crippen LogP contribution in [0.15, 0.2) is 46.9 Å². The van der Waals surface area contributed by atoms with Gasteiger partial charge in [0, 0.05) is 42.8 Å². The summed E-state index contributed by atoms with van der Waals surface area (Å²) in [6.07, 6.45) is 1.46. The van der Waals surface area contributed by atoms with Crippen LogP contribution in [0.25, 0.3) is 0 Å². The van der Waals surface area contributed by atoms with Gasteiger partial charge in [0.05, 0.1) is 10.7 Å². The monoisotopic (exact) mass is 521 g/mol. The van der Waals surface area contributed by atoms with E-state index in [1.807, 2.05) is 36.1 Å². The minimum atomic E-state index is -1.07. The van der Waals surface area contributed by atoms with Crippen LogP contribution in [-0.2, 0) is 9.59 Å². The number of piperazine rings is 1. The van der Waals surface area contributed by atoms with E-state index in [0.717, 1.165) is 29.7 Å². The van der Waals surface area contributed by atoms with E-state index in [4.69, 9.17) is 16.3 Å². The van der Waals surface area contributed by atoms with Crippen molar-refractivity contribution in [1.29, 1.82) is 0 Å². The van der Waals surface area contributed by atoms with Crippen molar-refractivity contribution in [3.8, 4) is 5.75 Å². The van der Waals surface area contributed by atoms with E-state index in [2.05, 4.69) is 26.1 Å². The van der Waals surface area contributed by atoms with E-state index in [9.17, 15) is 9.59 Å². The standard InChI is InChI=1S/C24H29BrClN3O3/c1-4-5-22(30)29-14-12-28(13-15-29)21-11-8-18(16-20(21)26)27-23(31)24(2,3)32-19-9-6-17(25)7-10-19/h6-11,16H,4-5,12-15H2,1-3H3,(H,27,31). The molecule has 0 spiro atoms. The Labute approximate surface area is 203 Å². The van der Waals surface area contributed by atoms with E-state index in [-0.39, 0.29) is 11.8 Å². The van der Waals surface area contributed by atoms with Gasteiger partial charge in [0.25, 0.3) is 5.91 Å². The van der Waals surface area contributed by atoms with Crippen LogP contribution in [0.2, 0.25) is 5.02 Å². The first-order valence-corrected chi connectivity index (χ1v) is 11.9. The van der Waals surface area contributed by atoms with Crippen LogP contribution in [0.1, 0.15) is 33.6 Å². The van der Waals surface area contributed by atoms with Crippen molar-refractivity contribution in [2.24, 2.45) is 0 Å². The first kappa shape index (κ1) is 24.4. The van der Waals surface area contributed by atoms with E-state index in [1.165, 1.54) is 0 Å². The highest BCUT2D eigenvalue weighted by atomic mass is 79.9. The fraction of sp³-hybridized carbons (Fsp3) is 0.417. The normalized spacial score (nSPS) is 14.3. The average molecular weight is 523 g/mol. The van der Waals surface area contributed by atoms with Crippen molar-refractivity contribution >= 4 is 50.7 Å². The van der Waals surface area contributed by atoms with Crippen LogP contribution in [0.3, 0.4) is 0 Å². The van der Waals surface area contributed by atoms with Gasteiger partial charge >= 0.3 is 0 Å². The second kappa shape index (κ2) is 10.6. The molecule has 1 saturated heterocycles. The minimum Gasteiger partial charge on any atom is -0.478 e. The Bertz CT molecular complexity index is 957. The zero-order valence-electron chi connectivity index (χ0n) is 18.7. The summed E-state index contributed by atoms with van der Waals surface area (Å²) in [5, 5.41) is 3.45. The number of ether oxygens (including phenoxy) is 1. The Morgan fingerprint density at radius 1 is 1.09 bits per heavy atom. The molecule has 0 radical (unpaired) electrons. The number of hydrogen-bond acceptors (Lipinski definition) is 4.